The Morgan fingerprint density at radius 1 is 1.69 bits per heavy atom. The molecule has 0 aliphatic carbocycles. The number of rotatable bonds is 3. The Labute approximate surface area is 95.2 Å². The molecule has 2 aromatic rings. The van der Waals surface area contributed by atoms with Crippen molar-refractivity contribution >= 4 is 17.4 Å². The lowest BCUT2D eigenvalue weighted by Crippen LogP contribution is -1.99. The molecule has 0 saturated carbocycles. The van der Waals surface area contributed by atoms with Gasteiger partial charge in [0.25, 0.3) is 0 Å². The van der Waals surface area contributed by atoms with E-state index in [1.54, 1.807) is 0 Å². The molecular weight excluding hydrogens is 234 g/mol. The summed E-state index contributed by atoms with van der Waals surface area (Å²) in [6.07, 6.45) is 2.16. The minimum Gasteiger partial charge on any atom is -0.358 e. The molecule has 0 unspecified atom stereocenters. The lowest BCUT2D eigenvalue weighted by Gasteiger charge is -1.96. The molecule has 0 atom stereocenters. The molecule has 16 heavy (non-hydrogen) atoms. The standard InChI is InChI=1S/C8H8ClN5O2/c1-2-5-7(8(9)11-10-5)13-4-3-6(12-13)14(15)16/h3-4H,2H2,1H3,(H,10,11). The predicted molar refractivity (Wildman–Crippen MR) is 56.8 cm³/mol. The summed E-state index contributed by atoms with van der Waals surface area (Å²) < 4.78 is 1.35. The van der Waals surface area contributed by atoms with Gasteiger partial charge >= 0.3 is 5.82 Å². The van der Waals surface area contributed by atoms with Gasteiger partial charge < -0.3 is 10.1 Å². The number of aromatic nitrogens is 4. The average molecular weight is 242 g/mol. The van der Waals surface area contributed by atoms with E-state index in [2.05, 4.69) is 15.3 Å². The van der Waals surface area contributed by atoms with Crippen molar-refractivity contribution in [3.05, 3.63) is 33.2 Å². The third-order valence-electron chi connectivity index (χ3n) is 2.11. The van der Waals surface area contributed by atoms with Crippen molar-refractivity contribution in [2.75, 3.05) is 0 Å². The van der Waals surface area contributed by atoms with E-state index in [9.17, 15) is 10.1 Å². The van der Waals surface area contributed by atoms with Gasteiger partial charge in [-0.2, -0.15) is 5.10 Å². The van der Waals surface area contributed by atoms with E-state index in [-0.39, 0.29) is 11.0 Å². The van der Waals surface area contributed by atoms with E-state index in [0.717, 1.165) is 5.69 Å². The van der Waals surface area contributed by atoms with Crippen LogP contribution in [0.25, 0.3) is 5.69 Å². The summed E-state index contributed by atoms with van der Waals surface area (Å²) >= 11 is 5.87. The highest BCUT2D eigenvalue weighted by Gasteiger charge is 2.19. The van der Waals surface area contributed by atoms with Crippen LogP contribution in [0.2, 0.25) is 5.15 Å². The van der Waals surface area contributed by atoms with Gasteiger partial charge in [0.15, 0.2) is 5.15 Å². The lowest BCUT2D eigenvalue weighted by molar-refractivity contribution is -0.389. The number of nitro groups is 1. The zero-order valence-corrected chi connectivity index (χ0v) is 9.10. The van der Waals surface area contributed by atoms with Crippen LogP contribution in [0, 0.1) is 10.1 Å². The van der Waals surface area contributed by atoms with Crippen molar-refractivity contribution in [1.29, 1.82) is 0 Å². The maximum atomic E-state index is 10.5. The van der Waals surface area contributed by atoms with E-state index in [1.165, 1.54) is 16.9 Å². The first-order valence-corrected chi connectivity index (χ1v) is 4.94. The molecule has 0 radical (unpaired) electrons. The third-order valence-corrected chi connectivity index (χ3v) is 2.38. The van der Waals surface area contributed by atoms with E-state index < -0.39 is 4.92 Å². The molecule has 0 aromatic carbocycles. The number of aromatic amines is 1. The molecule has 2 aromatic heterocycles. The Hall–Kier alpha value is -1.89. The third kappa shape index (κ3) is 1.65. The van der Waals surface area contributed by atoms with Crippen LogP contribution in [0.1, 0.15) is 12.6 Å². The van der Waals surface area contributed by atoms with Gasteiger partial charge in [0.1, 0.15) is 5.69 Å². The topological polar surface area (TPSA) is 89.6 Å². The van der Waals surface area contributed by atoms with Crippen LogP contribution in [-0.4, -0.2) is 24.9 Å². The number of halogens is 1. The van der Waals surface area contributed by atoms with Crippen molar-refractivity contribution in [3.8, 4) is 5.69 Å². The second kappa shape index (κ2) is 3.93. The summed E-state index contributed by atoms with van der Waals surface area (Å²) in [5.41, 5.74) is 1.33. The molecule has 0 fully saturated rings. The summed E-state index contributed by atoms with van der Waals surface area (Å²) in [7, 11) is 0. The Bertz CT molecular complexity index is 532. The van der Waals surface area contributed by atoms with Crippen LogP contribution in [-0.2, 0) is 6.42 Å². The zero-order valence-electron chi connectivity index (χ0n) is 8.35. The molecule has 0 saturated heterocycles. The van der Waals surface area contributed by atoms with Gasteiger partial charge in [-0.25, -0.2) is 0 Å². The number of hydrogen-bond donors (Lipinski definition) is 1. The SMILES string of the molecule is CCc1[nH]nc(Cl)c1-n1ccc([N+](=O)[O-])n1. The van der Waals surface area contributed by atoms with Gasteiger partial charge in [-0.1, -0.05) is 18.5 Å². The number of H-pyrrole nitrogens is 1. The lowest BCUT2D eigenvalue weighted by atomic mass is 10.3. The van der Waals surface area contributed by atoms with Crippen LogP contribution in [0.5, 0.6) is 0 Å². The van der Waals surface area contributed by atoms with Crippen molar-refractivity contribution in [1.82, 2.24) is 20.0 Å². The second-order valence-corrected chi connectivity index (χ2v) is 3.43. The fourth-order valence-corrected chi connectivity index (χ4v) is 1.61. The minimum atomic E-state index is -0.559. The van der Waals surface area contributed by atoms with Gasteiger partial charge in [0.05, 0.1) is 23.1 Å². The van der Waals surface area contributed by atoms with Crippen LogP contribution >= 0.6 is 11.6 Å². The molecule has 2 heterocycles. The predicted octanol–water partition coefficient (Wildman–Crippen LogP) is 1.72. The summed E-state index contributed by atoms with van der Waals surface area (Å²) in [4.78, 5) is 9.94. The highest BCUT2D eigenvalue weighted by molar-refractivity contribution is 6.31. The fourth-order valence-electron chi connectivity index (χ4n) is 1.36. The van der Waals surface area contributed by atoms with Crippen molar-refractivity contribution in [3.63, 3.8) is 0 Å². The average Bonchev–Trinajstić information content (AvgIpc) is 2.83. The monoisotopic (exact) mass is 241 g/mol. The zero-order chi connectivity index (χ0) is 11.7. The van der Waals surface area contributed by atoms with Gasteiger partial charge in [-0.05, 0) is 11.3 Å². The van der Waals surface area contributed by atoms with Gasteiger partial charge in [-0.15, -0.1) is 4.68 Å². The highest BCUT2D eigenvalue weighted by Crippen LogP contribution is 2.22. The highest BCUT2D eigenvalue weighted by atomic mass is 35.5. The number of hydrogen-bond acceptors (Lipinski definition) is 4. The van der Waals surface area contributed by atoms with Gasteiger partial charge in [0, 0.05) is 0 Å². The second-order valence-electron chi connectivity index (χ2n) is 3.07. The Kier molecular flexibility index (Phi) is 2.61. The minimum absolute atomic E-state index is 0.223. The molecule has 0 amide bonds. The summed E-state index contributed by atoms with van der Waals surface area (Å²) in [5, 5.41) is 21.1. The molecule has 2 rings (SSSR count). The van der Waals surface area contributed by atoms with Gasteiger partial charge in [0.2, 0.25) is 0 Å². The van der Waals surface area contributed by atoms with Crippen LogP contribution in [0.3, 0.4) is 0 Å². The molecule has 84 valence electrons. The Morgan fingerprint density at radius 2 is 2.44 bits per heavy atom. The first kappa shape index (κ1) is 10.6. The smallest absolute Gasteiger partial charge is 0.358 e. The quantitative estimate of drug-likeness (QED) is 0.654. The van der Waals surface area contributed by atoms with Crippen LogP contribution in [0.15, 0.2) is 12.3 Å². The van der Waals surface area contributed by atoms with E-state index >= 15 is 0 Å². The van der Waals surface area contributed by atoms with Crippen molar-refractivity contribution in [2.45, 2.75) is 13.3 Å². The fraction of sp³-hybridized carbons (Fsp3) is 0.250. The maximum absolute atomic E-state index is 10.5. The Morgan fingerprint density at radius 3 is 3.00 bits per heavy atom. The normalized spacial score (nSPS) is 10.6. The van der Waals surface area contributed by atoms with E-state index in [4.69, 9.17) is 11.6 Å². The van der Waals surface area contributed by atoms with Gasteiger partial charge in [-0.3, -0.25) is 5.10 Å². The van der Waals surface area contributed by atoms with E-state index in [0.29, 0.717) is 12.1 Å². The van der Waals surface area contributed by atoms with Crippen LogP contribution < -0.4 is 0 Å². The number of nitrogens with one attached hydrogen (secondary N) is 1. The van der Waals surface area contributed by atoms with E-state index in [1.807, 2.05) is 6.92 Å². The van der Waals surface area contributed by atoms with Crippen molar-refractivity contribution < 1.29 is 4.92 Å². The summed E-state index contributed by atoms with van der Waals surface area (Å²) in [6.45, 7) is 1.92. The summed E-state index contributed by atoms with van der Waals surface area (Å²) in [5.74, 6) is -0.223. The molecule has 7 nitrogen and oxygen atoms in total. The largest absolute Gasteiger partial charge is 0.390 e. The molecule has 0 bridgehead atoms. The number of aryl methyl sites for hydroxylation is 1. The maximum Gasteiger partial charge on any atom is 0.390 e. The summed E-state index contributed by atoms with van der Waals surface area (Å²) in [6, 6.07) is 1.31. The molecule has 1 N–H and O–H groups in total. The molecular formula is C8H8ClN5O2. The number of nitrogens with zero attached hydrogens (tertiary/aromatic N) is 4. The first-order chi connectivity index (χ1) is 7.63. The molecule has 0 aliphatic heterocycles. The molecule has 0 aliphatic rings. The van der Waals surface area contributed by atoms with Crippen molar-refractivity contribution in [2.24, 2.45) is 0 Å². The van der Waals surface area contributed by atoms with Crippen LogP contribution in [0.4, 0.5) is 5.82 Å². The first-order valence-electron chi connectivity index (χ1n) is 4.56. The molecule has 0 spiro atoms. The Balaban J connectivity index is 2.49. The molecule has 8 heteroatoms.